The first kappa shape index (κ1) is 12.5. The van der Waals surface area contributed by atoms with Crippen molar-refractivity contribution in [1.29, 1.82) is 0 Å². The highest BCUT2D eigenvalue weighted by molar-refractivity contribution is 5.75. The number of benzene rings is 1. The molecule has 0 amide bonds. The Kier molecular flexibility index (Phi) is 5.34. The van der Waals surface area contributed by atoms with Crippen molar-refractivity contribution >= 4 is 5.78 Å². The highest BCUT2D eigenvalue weighted by Gasteiger charge is 2.08. The lowest BCUT2D eigenvalue weighted by atomic mass is 9.93. The van der Waals surface area contributed by atoms with E-state index in [0.29, 0.717) is 6.42 Å². The molecule has 1 aromatic carbocycles. The lowest BCUT2D eigenvalue weighted by Crippen LogP contribution is -1.99. The van der Waals surface area contributed by atoms with Crippen LogP contribution in [0.3, 0.4) is 0 Å². The predicted molar refractivity (Wildman–Crippen MR) is 65.2 cm³/mol. The van der Waals surface area contributed by atoms with Crippen molar-refractivity contribution in [2.24, 2.45) is 0 Å². The minimum Gasteiger partial charge on any atom is -0.505 e. The second kappa shape index (κ2) is 6.83. The zero-order chi connectivity index (χ0) is 11.8. The van der Waals surface area contributed by atoms with Gasteiger partial charge in [0.05, 0.1) is 13.4 Å². The van der Waals surface area contributed by atoms with Crippen LogP contribution in [0.5, 0.6) is 0 Å². The molecule has 0 aliphatic heterocycles. The number of carbonyl (C=O) groups excluding carboxylic acids is 1. The van der Waals surface area contributed by atoms with Crippen LogP contribution >= 0.6 is 0 Å². The zero-order valence-electron chi connectivity index (χ0n) is 9.85. The van der Waals surface area contributed by atoms with Crippen LogP contribution in [0, 0.1) is 0 Å². The van der Waals surface area contributed by atoms with Crippen LogP contribution in [0.25, 0.3) is 0 Å². The van der Waals surface area contributed by atoms with Gasteiger partial charge in [-0.2, -0.15) is 0 Å². The van der Waals surface area contributed by atoms with Crippen molar-refractivity contribution in [3.05, 3.63) is 48.2 Å². The molecule has 0 aliphatic carbocycles. The van der Waals surface area contributed by atoms with Gasteiger partial charge in [0.1, 0.15) is 5.78 Å². The van der Waals surface area contributed by atoms with E-state index in [2.05, 4.69) is 12.1 Å². The smallest absolute Gasteiger partial charge is 0.129 e. The Morgan fingerprint density at radius 1 is 1.38 bits per heavy atom. The average molecular weight is 218 g/mol. The van der Waals surface area contributed by atoms with Crippen LogP contribution in [-0.2, 0) is 9.53 Å². The Labute approximate surface area is 96.9 Å². The monoisotopic (exact) mass is 218 g/mol. The van der Waals surface area contributed by atoms with Crippen LogP contribution in [0.2, 0.25) is 0 Å². The molecule has 1 aromatic rings. The fourth-order valence-corrected chi connectivity index (χ4v) is 1.61. The third-order valence-corrected chi connectivity index (χ3v) is 2.48. The molecule has 0 spiro atoms. The van der Waals surface area contributed by atoms with Crippen molar-refractivity contribution in [3.63, 3.8) is 0 Å². The van der Waals surface area contributed by atoms with Gasteiger partial charge in [0.15, 0.2) is 0 Å². The minimum atomic E-state index is 0.228. The largest absolute Gasteiger partial charge is 0.505 e. The van der Waals surface area contributed by atoms with Gasteiger partial charge in [0, 0.05) is 12.3 Å². The Morgan fingerprint density at radius 2 is 2.06 bits per heavy atom. The molecule has 1 atom stereocenters. The molecule has 86 valence electrons. The van der Waals surface area contributed by atoms with Crippen LogP contribution in [0.4, 0.5) is 0 Å². The Balaban J connectivity index is 2.71. The molecule has 2 nitrogen and oxygen atoms in total. The molecule has 0 aromatic heterocycles. The zero-order valence-corrected chi connectivity index (χ0v) is 9.85. The average Bonchev–Trinajstić information content (AvgIpc) is 2.30. The molecule has 0 fully saturated rings. The maximum atomic E-state index is 11.0. The second-order valence-electron chi connectivity index (χ2n) is 3.82. The van der Waals surface area contributed by atoms with Crippen LogP contribution < -0.4 is 0 Å². The maximum Gasteiger partial charge on any atom is 0.129 e. The number of ether oxygens (including phenoxy) is 1. The summed E-state index contributed by atoms with van der Waals surface area (Å²) in [5, 5.41) is 0. The van der Waals surface area contributed by atoms with Gasteiger partial charge < -0.3 is 9.53 Å². The molecular weight excluding hydrogens is 200 g/mol. The summed E-state index contributed by atoms with van der Waals surface area (Å²) in [7, 11) is 1.63. The summed E-state index contributed by atoms with van der Waals surface area (Å²) in [4.78, 5) is 11.0. The lowest BCUT2D eigenvalue weighted by molar-refractivity contribution is -0.117. The molecule has 0 aliphatic rings. The van der Waals surface area contributed by atoms with Gasteiger partial charge in [0.25, 0.3) is 0 Å². The van der Waals surface area contributed by atoms with Crippen molar-refractivity contribution in [2.75, 3.05) is 7.11 Å². The Morgan fingerprint density at radius 3 is 2.62 bits per heavy atom. The molecule has 0 saturated heterocycles. The number of ketones is 1. The molecular formula is C14H18O2. The van der Waals surface area contributed by atoms with Crippen molar-refractivity contribution in [3.8, 4) is 0 Å². The molecule has 0 bridgehead atoms. The first-order chi connectivity index (χ1) is 7.74. The SMILES string of the molecule is CO/C=C\C(CCC(C)=O)c1ccccc1. The summed E-state index contributed by atoms with van der Waals surface area (Å²) in [6.07, 6.45) is 5.11. The number of rotatable bonds is 6. The lowest BCUT2D eigenvalue weighted by Gasteiger charge is -2.11. The molecule has 1 rings (SSSR count). The van der Waals surface area contributed by atoms with E-state index >= 15 is 0 Å². The van der Waals surface area contributed by atoms with Gasteiger partial charge in [-0.1, -0.05) is 30.3 Å². The van der Waals surface area contributed by atoms with Crippen molar-refractivity contribution in [2.45, 2.75) is 25.7 Å². The first-order valence-electron chi connectivity index (χ1n) is 5.48. The first-order valence-corrected chi connectivity index (χ1v) is 5.48. The number of allylic oxidation sites excluding steroid dienone is 1. The Hall–Kier alpha value is -1.57. The number of hydrogen-bond acceptors (Lipinski definition) is 2. The molecule has 0 saturated carbocycles. The fraction of sp³-hybridized carbons (Fsp3) is 0.357. The van der Waals surface area contributed by atoms with Crippen LogP contribution in [-0.4, -0.2) is 12.9 Å². The number of Topliss-reactive ketones (excluding diaryl/α,β-unsaturated/α-hetero) is 1. The van der Waals surface area contributed by atoms with Crippen molar-refractivity contribution < 1.29 is 9.53 Å². The van der Waals surface area contributed by atoms with Gasteiger partial charge in [-0.15, -0.1) is 0 Å². The third kappa shape index (κ3) is 4.30. The topological polar surface area (TPSA) is 26.3 Å². The summed E-state index contributed by atoms with van der Waals surface area (Å²) in [6.45, 7) is 1.63. The van der Waals surface area contributed by atoms with E-state index in [1.807, 2.05) is 24.3 Å². The number of carbonyl (C=O) groups is 1. The minimum absolute atomic E-state index is 0.228. The van der Waals surface area contributed by atoms with E-state index in [0.717, 1.165) is 6.42 Å². The number of hydrogen-bond donors (Lipinski definition) is 0. The molecule has 2 heteroatoms. The predicted octanol–water partition coefficient (Wildman–Crippen LogP) is 3.30. The van der Waals surface area contributed by atoms with Gasteiger partial charge in [-0.3, -0.25) is 0 Å². The summed E-state index contributed by atoms with van der Waals surface area (Å²) in [5.41, 5.74) is 1.22. The van der Waals surface area contributed by atoms with Gasteiger partial charge in [0.2, 0.25) is 0 Å². The van der Waals surface area contributed by atoms with Crippen LogP contribution in [0.15, 0.2) is 42.7 Å². The van der Waals surface area contributed by atoms with Crippen LogP contribution in [0.1, 0.15) is 31.2 Å². The highest BCUT2D eigenvalue weighted by atomic mass is 16.5. The molecule has 0 radical (unpaired) electrons. The van der Waals surface area contributed by atoms with Gasteiger partial charge in [-0.05, 0) is 25.0 Å². The van der Waals surface area contributed by atoms with E-state index in [1.54, 1.807) is 20.3 Å². The van der Waals surface area contributed by atoms with E-state index in [4.69, 9.17) is 4.74 Å². The van der Waals surface area contributed by atoms with Gasteiger partial charge in [-0.25, -0.2) is 0 Å². The van der Waals surface area contributed by atoms with Gasteiger partial charge >= 0.3 is 0 Å². The summed E-state index contributed by atoms with van der Waals surface area (Å²) >= 11 is 0. The molecule has 1 unspecified atom stereocenters. The quantitative estimate of drug-likeness (QED) is 0.685. The standard InChI is InChI=1S/C14H18O2/c1-12(15)8-9-14(10-11-16-2)13-6-4-3-5-7-13/h3-7,10-11,14H,8-9H2,1-2H3/b11-10-. The van der Waals surface area contributed by atoms with E-state index in [9.17, 15) is 4.79 Å². The fourth-order valence-electron chi connectivity index (χ4n) is 1.61. The van der Waals surface area contributed by atoms with E-state index < -0.39 is 0 Å². The van der Waals surface area contributed by atoms with E-state index in [-0.39, 0.29) is 11.7 Å². The normalized spacial score (nSPS) is 12.6. The number of methoxy groups -OCH3 is 1. The third-order valence-electron chi connectivity index (χ3n) is 2.48. The Bertz CT molecular complexity index is 341. The molecule has 0 N–H and O–H groups in total. The summed E-state index contributed by atoms with van der Waals surface area (Å²) in [5.74, 6) is 0.483. The highest BCUT2D eigenvalue weighted by Crippen LogP contribution is 2.22. The summed E-state index contributed by atoms with van der Waals surface area (Å²) in [6, 6.07) is 10.2. The second-order valence-corrected chi connectivity index (χ2v) is 3.82. The summed E-state index contributed by atoms with van der Waals surface area (Å²) < 4.78 is 4.94. The molecule has 16 heavy (non-hydrogen) atoms. The van der Waals surface area contributed by atoms with E-state index in [1.165, 1.54) is 5.56 Å². The maximum absolute atomic E-state index is 11.0. The van der Waals surface area contributed by atoms with Crippen molar-refractivity contribution in [1.82, 2.24) is 0 Å². The molecule has 0 heterocycles.